The highest BCUT2D eigenvalue weighted by Crippen LogP contribution is 2.39. The van der Waals surface area contributed by atoms with E-state index in [9.17, 15) is 4.79 Å². The highest BCUT2D eigenvalue weighted by molar-refractivity contribution is 6.63. The van der Waals surface area contributed by atoms with E-state index in [0.717, 1.165) is 22.8 Å². The Balaban J connectivity index is 1.46. The fraction of sp³-hybridized carbons (Fsp3) is 0.333. The largest absolute Gasteiger partial charge is 0.494 e. The van der Waals surface area contributed by atoms with Gasteiger partial charge in [0.2, 0.25) is 5.91 Å². The minimum atomic E-state index is -0.516. The Labute approximate surface area is 198 Å². The molecule has 9 heteroatoms. The maximum atomic E-state index is 12.2. The van der Waals surface area contributed by atoms with Gasteiger partial charge < -0.3 is 24.8 Å². The Morgan fingerprint density at radius 2 is 2.03 bits per heavy atom. The lowest BCUT2D eigenvalue weighted by molar-refractivity contribution is -0.116. The molecule has 3 heterocycles. The van der Waals surface area contributed by atoms with Crippen molar-refractivity contribution in [3.8, 4) is 0 Å². The molecule has 172 valence electrons. The average Bonchev–Trinajstić information content (AvgIpc) is 3.30. The van der Waals surface area contributed by atoms with Gasteiger partial charge in [0, 0.05) is 17.7 Å². The predicted octanol–water partition coefficient (Wildman–Crippen LogP) is 4.08. The van der Waals surface area contributed by atoms with Crippen LogP contribution in [0.4, 0.5) is 5.82 Å². The molecule has 3 N–H and O–H groups in total. The van der Waals surface area contributed by atoms with E-state index in [1.165, 1.54) is 6.08 Å². The van der Waals surface area contributed by atoms with E-state index >= 15 is 0 Å². The molecule has 1 aliphatic rings. The molecule has 3 aromatic rings. The maximum Gasteiger partial charge on any atom is 0.494 e. The predicted molar refractivity (Wildman–Crippen MR) is 131 cm³/mol. The number of carbonyl (C=O) groups is 1. The Hall–Kier alpha value is -2.81. The summed E-state index contributed by atoms with van der Waals surface area (Å²) in [5, 5.41) is 4.09. The first kappa shape index (κ1) is 23.4. The maximum absolute atomic E-state index is 12.2. The summed E-state index contributed by atoms with van der Waals surface area (Å²) in [5.41, 5.74) is 6.89. The van der Waals surface area contributed by atoms with Crippen molar-refractivity contribution >= 4 is 53.0 Å². The second kappa shape index (κ2) is 8.86. The van der Waals surface area contributed by atoms with Crippen molar-refractivity contribution in [1.29, 1.82) is 0 Å². The fourth-order valence-electron chi connectivity index (χ4n) is 3.77. The summed E-state index contributed by atoms with van der Waals surface area (Å²) in [7, 11) is -0.516. The molecule has 7 nitrogen and oxygen atoms in total. The third-order valence-electron chi connectivity index (χ3n) is 6.31. The normalized spacial score (nSPS) is 20.1. The molecule has 1 atom stereocenters. The highest BCUT2D eigenvalue weighted by atomic mass is 35.5. The fourth-order valence-corrected chi connectivity index (χ4v) is 4.04. The Kier molecular flexibility index (Phi) is 6.27. The summed E-state index contributed by atoms with van der Waals surface area (Å²) >= 11 is 6.50. The summed E-state index contributed by atoms with van der Waals surface area (Å²) in [6, 6.07) is 9.08. The monoisotopic (exact) mass is 467 g/mol. The second-order valence-electron chi connectivity index (χ2n) is 8.86. The molecule has 1 unspecified atom stereocenters. The van der Waals surface area contributed by atoms with Crippen LogP contribution in [0.15, 0.2) is 47.0 Å². The van der Waals surface area contributed by atoms with Crippen LogP contribution in [0.5, 0.6) is 0 Å². The zero-order valence-corrected chi connectivity index (χ0v) is 19.9. The minimum absolute atomic E-state index is 0.223. The van der Waals surface area contributed by atoms with E-state index in [0.29, 0.717) is 22.2 Å². The molecular formula is C24H27BClN3O4. The molecule has 1 fully saturated rings. The van der Waals surface area contributed by atoms with Crippen molar-refractivity contribution < 1.29 is 18.5 Å². The average molecular weight is 468 g/mol. The van der Waals surface area contributed by atoms with Crippen LogP contribution in [0.25, 0.3) is 17.0 Å². The van der Waals surface area contributed by atoms with Crippen molar-refractivity contribution in [1.82, 2.24) is 10.3 Å². The van der Waals surface area contributed by atoms with Gasteiger partial charge in [0.25, 0.3) is 0 Å². The Bertz CT molecular complexity index is 1210. The first-order valence-electron chi connectivity index (χ1n) is 10.9. The van der Waals surface area contributed by atoms with Gasteiger partial charge in [-0.3, -0.25) is 4.79 Å². The molecule has 1 aromatic carbocycles. The SMILES string of the molecule is CCC1(C)OB(c2cc(Cl)c3oc(CNC(=O)/C=C/c4ccc(N)nc4)cc3c2)OC1(C)C. The lowest BCUT2D eigenvalue weighted by Gasteiger charge is -2.35. The summed E-state index contributed by atoms with van der Waals surface area (Å²) < 4.78 is 18.4. The van der Waals surface area contributed by atoms with Gasteiger partial charge in [0.1, 0.15) is 11.6 Å². The number of halogens is 1. The summed E-state index contributed by atoms with van der Waals surface area (Å²) in [6.07, 6.45) is 5.52. The quantitative estimate of drug-likeness (QED) is 0.418. The van der Waals surface area contributed by atoms with Crippen LogP contribution in [0.2, 0.25) is 5.02 Å². The van der Waals surface area contributed by atoms with Crippen LogP contribution in [0.1, 0.15) is 45.4 Å². The number of amides is 1. The number of furan rings is 1. The Morgan fingerprint density at radius 3 is 2.70 bits per heavy atom. The third kappa shape index (κ3) is 4.78. The van der Waals surface area contributed by atoms with E-state index in [-0.39, 0.29) is 12.5 Å². The second-order valence-corrected chi connectivity index (χ2v) is 9.27. The van der Waals surface area contributed by atoms with E-state index in [1.54, 1.807) is 30.5 Å². The zero-order valence-electron chi connectivity index (χ0n) is 19.1. The van der Waals surface area contributed by atoms with Crippen LogP contribution in [0.3, 0.4) is 0 Å². The number of hydrogen-bond acceptors (Lipinski definition) is 6. The van der Waals surface area contributed by atoms with Crippen LogP contribution >= 0.6 is 11.6 Å². The molecule has 0 bridgehead atoms. The summed E-state index contributed by atoms with van der Waals surface area (Å²) in [6.45, 7) is 8.44. The van der Waals surface area contributed by atoms with Crippen LogP contribution < -0.4 is 16.5 Å². The molecule has 33 heavy (non-hydrogen) atoms. The summed E-state index contributed by atoms with van der Waals surface area (Å²) in [5.74, 6) is 0.761. The van der Waals surface area contributed by atoms with Crippen LogP contribution in [-0.4, -0.2) is 29.2 Å². The van der Waals surface area contributed by atoms with E-state index in [4.69, 9.17) is 31.1 Å². The molecule has 4 rings (SSSR count). The smallest absolute Gasteiger partial charge is 0.458 e. The van der Waals surface area contributed by atoms with Crippen LogP contribution in [0, 0.1) is 0 Å². The summed E-state index contributed by atoms with van der Waals surface area (Å²) in [4.78, 5) is 16.2. The molecule has 1 amide bonds. The van der Waals surface area contributed by atoms with Gasteiger partial charge in [-0.2, -0.15) is 0 Å². The lowest BCUT2D eigenvalue weighted by atomic mass is 9.78. The molecule has 0 aliphatic carbocycles. The van der Waals surface area contributed by atoms with Crippen molar-refractivity contribution in [2.24, 2.45) is 0 Å². The van der Waals surface area contributed by atoms with Gasteiger partial charge in [-0.15, -0.1) is 0 Å². The number of nitrogens with zero attached hydrogens (tertiary/aromatic N) is 1. The number of fused-ring (bicyclic) bond motifs is 1. The zero-order chi connectivity index (χ0) is 23.8. The minimum Gasteiger partial charge on any atom is -0.458 e. The van der Waals surface area contributed by atoms with Crippen molar-refractivity contribution in [3.63, 3.8) is 0 Å². The third-order valence-corrected chi connectivity index (χ3v) is 6.59. The van der Waals surface area contributed by atoms with Crippen molar-refractivity contribution in [2.45, 2.75) is 51.9 Å². The van der Waals surface area contributed by atoms with Gasteiger partial charge in [-0.1, -0.05) is 24.6 Å². The molecule has 0 saturated carbocycles. The number of nitrogens with two attached hydrogens (primary N) is 1. The van der Waals surface area contributed by atoms with Crippen molar-refractivity contribution in [3.05, 3.63) is 59.0 Å². The number of hydrogen-bond donors (Lipinski definition) is 2. The highest BCUT2D eigenvalue weighted by Gasteiger charge is 2.53. The Morgan fingerprint density at radius 1 is 1.24 bits per heavy atom. The van der Waals surface area contributed by atoms with Gasteiger partial charge in [-0.25, -0.2) is 4.98 Å². The topological polar surface area (TPSA) is 99.6 Å². The molecule has 0 spiro atoms. The number of aromatic nitrogens is 1. The number of rotatable bonds is 6. The number of anilines is 1. The molecule has 0 radical (unpaired) electrons. The number of pyridine rings is 1. The molecular weight excluding hydrogens is 441 g/mol. The van der Waals surface area contributed by atoms with Crippen LogP contribution in [-0.2, 0) is 20.6 Å². The molecule has 2 aromatic heterocycles. The first-order valence-corrected chi connectivity index (χ1v) is 11.2. The van der Waals surface area contributed by atoms with Gasteiger partial charge in [0.05, 0.1) is 22.8 Å². The van der Waals surface area contributed by atoms with Crippen molar-refractivity contribution in [2.75, 3.05) is 5.73 Å². The lowest BCUT2D eigenvalue weighted by Crippen LogP contribution is -2.44. The number of carbonyl (C=O) groups excluding carboxylic acids is 1. The number of nitrogen functional groups attached to an aromatic ring is 1. The van der Waals surface area contributed by atoms with Gasteiger partial charge in [-0.05, 0) is 68.6 Å². The number of benzene rings is 1. The molecule has 1 aliphatic heterocycles. The molecule has 1 saturated heterocycles. The first-order chi connectivity index (χ1) is 15.6. The van der Waals surface area contributed by atoms with Gasteiger partial charge in [0.15, 0.2) is 5.58 Å². The van der Waals surface area contributed by atoms with E-state index < -0.39 is 18.3 Å². The standard InChI is InChI=1S/C24H27BClN3O4/c1-5-24(4)23(2,3)32-25(33-24)17-10-16-11-18(31-22(16)19(26)12-17)14-29-21(30)9-7-15-6-8-20(27)28-13-15/h6-13H,5,14H2,1-4H3,(H2,27,28)(H,29,30)/b9-7+. The van der Waals surface area contributed by atoms with E-state index in [2.05, 4.69) is 24.1 Å². The van der Waals surface area contributed by atoms with Gasteiger partial charge >= 0.3 is 7.12 Å². The number of nitrogens with one attached hydrogen (secondary N) is 1. The van der Waals surface area contributed by atoms with E-state index in [1.807, 2.05) is 26.0 Å².